The summed E-state index contributed by atoms with van der Waals surface area (Å²) in [5.74, 6) is 2.41. The van der Waals surface area contributed by atoms with Gasteiger partial charge in [-0.25, -0.2) is 4.68 Å². The molecular formula is C15H20BrN3O2. The lowest BCUT2D eigenvalue weighted by atomic mass is 9.64. The Morgan fingerprint density at radius 2 is 2.38 bits per heavy atom. The van der Waals surface area contributed by atoms with Gasteiger partial charge in [0, 0.05) is 18.1 Å². The summed E-state index contributed by atoms with van der Waals surface area (Å²) in [6.07, 6.45) is 8.01. The molecule has 0 radical (unpaired) electrons. The van der Waals surface area contributed by atoms with E-state index in [1.807, 2.05) is 6.92 Å². The zero-order valence-corrected chi connectivity index (χ0v) is 14.1. The van der Waals surface area contributed by atoms with Gasteiger partial charge in [-0.3, -0.25) is 4.79 Å². The number of ether oxygens (including phenoxy) is 1. The van der Waals surface area contributed by atoms with Crippen LogP contribution in [0.4, 0.5) is 5.69 Å². The molecule has 2 rings (SSSR count). The van der Waals surface area contributed by atoms with Gasteiger partial charge in [-0.05, 0) is 29.3 Å². The highest BCUT2D eigenvalue weighted by Gasteiger charge is 2.49. The number of hydrogen-bond acceptors (Lipinski definition) is 4. The van der Waals surface area contributed by atoms with Crippen molar-refractivity contribution in [1.29, 1.82) is 0 Å². The fourth-order valence-electron chi connectivity index (χ4n) is 2.57. The van der Waals surface area contributed by atoms with Crippen LogP contribution in [0.2, 0.25) is 0 Å². The van der Waals surface area contributed by atoms with E-state index in [1.165, 1.54) is 4.68 Å². The van der Waals surface area contributed by atoms with Gasteiger partial charge in [-0.15, -0.1) is 6.42 Å². The summed E-state index contributed by atoms with van der Waals surface area (Å²) in [6, 6.07) is 0.245. The van der Waals surface area contributed by atoms with Gasteiger partial charge in [-0.2, -0.15) is 5.10 Å². The van der Waals surface area contributed by atoms with E-state index in [2.05, 4.69) is 46.1 Å². The molecule has 1 heterocycles. The number of hydrogen-bond donors (Lipinski definition) is 1. The van der Waals surface area contributed by atoms with E-state index in [0.29, 0.717) is 16.8 Å². The van der Waals surface area contributed by atoms with Gasteiger partial charge in [0.2, 0.25) is 0 Å². The first-order valence-corrected chi connectivity index (χ1v) is 7.78. The van der Waals surface area contributed by atoms with E-state index in [4.69, 9.17) is 11.2 Å². The topological polar surface area (TPSA) is 56.1 Å². The zero-order chi connectivity index (χ0) is 15.6. The van der Waals surface area contributed by atoms with Crippen LogP contribution in [-0.2, 0) is 11.3 Å². The van der Waals surface area contributed by atoms with Crippen LogP contribution in [0.15, 0.2) is 15.5 Å². The number of aromatic nitrogens is 2. The maximum absolute atomic E-state index is 12.1. The van der Waals surface area contributed by atoms with Crippen LogP contribution in [0.25, 0.3) is 0 Å². The lowest BCUT2D eigenvalue weighted by Crippen LogP contribution is -2.58. The molecule has 0 saturated heterocycles. The van der Waals surface area contributed by atoms with Crippen LogP contribution in [-0.4, -0.2) is 28.5 Å². The van der Waals surface area contributed by atoms with Crippen molar-refractivity contribution in [3.05, 3.63) is 21.0 Å². The molecule has 1 aliphatic carbocycles. The van der Waals surface area contributed by atoms with E-state index in [-0.39, 0.29) is 29.7 Å². The molecule has 2 atom stereocenters. The molecule has 1 N–H and O–H groups in total. The number of terminal acetylenes is 1. The van der Waals surface area contributed by atoms with Crippen LogP contribution < -0.4 is 10.9 Å². The Morgan fingerprint density at radius 3 is 2.95 bits per heavy atom. The van der Waals surface area contributed by atoms with Crippen molar-refractivity contribution in [1.82, 2.24) is 9.78 Å². The zero-order valence-electron chi connectivity index (χ0n) is 12.5. The van der Waals surface area contributed by atoms with Crippen LogP contribution >= 0.6 is 15.9 Å². The molecule has 6 heteroatoms. The summed E-state index contributed by atoms with van der Waals surface area (Å²) in [5, 5.41) is 7.46. The van der Waals surface area contributed by atoms with Gasteiger partial charge >= 0.3 is 0 Å². The molecule has 1 aromatic heterocycles. The highest BCUT2D eigenvalue weighted by molar-refractivity contribution is 9.10. The largest absolute Gasteiger partial charge is 0.379 e. The first-order chi connectivity index (χ1) is 9.91. The minimum atomic E-state index is -0.226. The van der Waals surface area contributed by atoms with Crippen LogP contribution in [0.1, 0.15) is 27.2 Å². The molecule has 0 spiro atoms. The Labute approximate surface area is 133 Å². The third kappa shape index (κ3) is 2.99. The third-order valence-corrected chi connectivity index (χ3v) is 4.87. The molecule has 0 amide bonds. The normalized spacial score (nSPS) is 23.2. The molecule has 1 aromatic rings. The summed E-state index contributed by atoms with van der Waals surface area (Å²) >= 11 is 3.33. The van der Waals surface area contributed by atoms with E-state index < -0.39 is 0 Å². The van der Waals surface area contributed by atoms with Crippen molar-refractivity contribution in [3.8, 4) is 12.3 Å². The Kier molecular flexibility index (Phi) is 4.74. The van der Waals surface area contributed by atoms with Crippen LogP contribution in [0, 0.1) is 17.8 Å². The first kappa shape index (κ1) is 16.1. The number of anilines is 1. The number of nitrogens with zero attached hydrogens (tertiary/aromatic N) is 2. The minimum absolute atomic E-state index is 0.0170. The van der Waals surface area contributed by atoms with Gasteiger partial charge in [0.15, 0.2) is 0 Å². The fraction of sp³-hybridized carbons (Fsp3) is 0.600. The SMILES string of the molecule is C#CCn1ncc(NC2CC(OCC)C2(C)C)c(Br)c1=O. The smallest absolute Gasteiger partial charge is 0.284 e. The predicted molar refractivity (Wildman–Crippen MR) is 86.3 cm³/mol. The Hall–Kier alpha value is -1.32. The molecule has 0 aliphatic heterocycles. The third-order valence-electron chi connectivity index (χ3n) is 4.10. The molecule has 1 aliphatic rings. The van der Waals surface area contributed by atoms with Gasteiger partial charge < -0.3 is 10.1 Å². The van der Waals surface area contributed by atoms with Crippen LogP contribution in [0.3, 0.4) is 0 Å². The fourth-order valence-corrected chi connectivity index (χ4v) is 2.99. The monoisotopic (exact) mass is 353 g/mol. The summed E-state index contributed by atoms with van der Waals surface area (Å²) in [7, 11) is 0. The van der Waals surface area contributed by atoms with Crippen molar-refractivity contribution in [3.63, 3.8) is 0 Å². The lowest BCUT2D eigenvalue weighted by molar-refractivity contribution is -0.0976. The summed E-state index contributed by atoms with van der Waals surface area (Å²) < 4.78 is 7.43. The van der Waals surface area contributed by atoms with E-state index in [9.17, 15) is 4.79 Å². The number of nitrogens with one attached hydrogen (secondary N) is 1. The van der Waals surface area contributed by atoms with Gasteiger partial charge in [0.25, 0.3) is 5.56 Å². The molecule has 21 heavy (non-hydrogen) atoms. The minimum Gasteiger partial charge on any atom is -0.379 e. The van der Waals surface area contributed by atoms with E-state index >= 15 is 0 Å². The average Bonchev–Trinajstić information content (AvgIpc) is 2.45. The Balaban J connectivity index is 2.14. The Bertz CT molecular complexity index is 618. The van der Waals surface area contributed by atoms with Gasteiger partial charge in [-0.1, -0.05) is 19.8 Å². The van der Waals surface area contributed by atoms with E-state index in [1.54, 1.807) is 6.20 Å². The van der Waals surface area contributed by atoms with Gasteiger partial charge in [0.05, 0.1) is 18.0 Å². The molecule has 1 fully saturated rings. The molecule has 1 saturated carbocycles. The lowest BCUT2D eigenvalue weighted by Gasteiger charge is -2.52. The van der Waals surface area contributed by atoms with Crippen molar-refractivity contribution in [2.24, 2.45) is 5.41 Å². The van der Waals surface area contributed by atoms with Crippen molar-refractivity contribution < 1.29 is 4.74 Å². The molecule has 0 aromatic carbocycles. The maximum atomic E-state index is 12.1. The summed E-state index contributed by atoms with van der Waals surface area (Å²) in [6.45, 7) is 7.21. The van der Waals surface area contributed by atoms with Crippen molar-refractivity contribution in [2.75, 3.05) is 11.9 Å². The maximum Gasteiger partial charge on any atom is 0.284 e. The first-order valence-electron chi connectivity index (χ1n) is 6.99. The molecule has 2 unspecified atom stereocenters. The molecule has 5 nitrogen and oxygen atoms in total. The van der Waals surface area contributed by atoms with Crippen LogP contribution in [0.5, 0.6) is 0 Å². The molecule has 0 bridgehead atoms. The van der Waals surface area contributed by atoms with Crippen molar-refractivity contribution >= 4 is 21.6 Å². The summed E-state index contributed by atoms with van der Waals surface area (Å²) in [4.78, 5) is 12.1. The van der Waals surface area contributed by atoms with Gasteiger partial charge in [0.1, 0.15) is 11.0 Å². The molecule has 114 valence electrons. The highest BCUT2D eigenvalue weighted by atomic mass is 79.9. The summed E-state index contributed by atoms with van der Waals surface area (Å²) in [5.41, 5.74) is 0.487. The second-order valence-corrected chi connectivity index (χ2v) is 6.53. The quantitative estimate of drug-likeness (QED) is 0.825. The number of halogens is 1. The average molecular weight is 354 g/mol. The molecular weight excluding hydrogens is 334 g/mol. The van der Waals surface area contributed by atoms with E-state index in [0.717, 1.165) is 6.42 Å². The highest BCUT2D eigenvalue weighted by Crippen LogP contribution is 2.44. The second kappa shape index (κ2) is 6.20. The predicted octanol–water partition coefficient (Wildman–Crippen LogP) is 2.25. The Morgan fingerprint density at radius 1 is 1.67 bits per heavy atom. The number of rotatable bonds is 5. The second-order valence-electron chi connectivity index (χ2n) is 5.74. The standard InChI is InChI=1S/C15H20BrN3O2/c1-5-7-19-14(20)13(16)10(9-17-19)18-11-8-12(21-6-2)15(11,3)4/h1,9,11-12,18H,6-8H2,2-4H3. The van der Waals surface area contributed by atoms with Crippen molar-refractivity contribution in [2.45, 2.75) is 45.9 Å².